The van der Waals surface area contributed by atoms with Crippen molar-refractivity contribution in [2.24, 2.45) is 5.73 Å². The molecule has 0 aromatic rings. The third kappa shape index (κ3) is 9.81. The molecule has 0 saturated carbocycles. The minimum atomic E-state index is -0.876. The molecule has 5 nitrogen and oxygen atoms in total. The number of aliphatic carboxylic acids is 1. The third-order valence-corrected chi connectivity index (χ3v) is 2.49. The third-order valence-electron chi connectivity index (χ3n) is 2.49. The molecule has 0 aromatic heterocycles. The summed E-state index contributed by atoms with van der Waals surface area (Å²) in [6, 6.07) is -0.145. The van der Waals surface area contributed by atoms with Gasteiger partial charge in [-0.25, -0.2) is 0 Å². The van der Waals surface area contributed by atoms with Gasteiger partial charge in [-0.05, 0) is 26.2 Å². The van der Waals surface area contributed by atoms with Gasteiger partial charge in [0.1, 0.15) is 0 Å². The van der Waals surface area contributed by atoms with Crippen LogP contribution in [0.3, 0.4) is 0 Å². The molecule has 0 fully saturated rings. The maximum Gasteiger partial charge on any atom is 0.305 e. The van der Waals surface area contributed by atoms with Crippen molar-refractivity contribution >= 4 is 11.9 Å². The summed E-state index contributed by atoms with van der Waals surface area (Å²) in [6.45, 7) is 3.87. The molecule has 1 amide bonds. The van der Waals surface area contributed by atoms with Gasteiger partial charge in [-0.2, -0.15) is 0 Å². The Morgan fingerprint density at radius 3 is 2.47 bits per heavy atom. The molecule has 4 N–H and O–H groups in total. The van der Waals surface area contributed by atoms with Crippen LogP contribution in [0, 0.1) is 0 Å². The van der Waals surface area contributed by atoms with E-state index in [1.165, 1.54) is 0 Å². The van der Waals surface area contributed by atoms with Gasteiger partial charge in [0.15, 0.2) is 0 Å². The van der Waals surface area contributed by atoms with Crippen molar-refractivity contribution in [1.29, 1.82) is 0 Å². The largest absolute Gasteiger partial charge is 0.481 e. The number of carbonyl (C=O) groups excluding carboxylic acids is 1. The van der Waals surface area contributed by atoms with Gasteiger partial charge in [-0.15, -0.1) is 0 Å². The van der Waals surface area contributed by atoms with Crippen molar-refractivity contribution in [2.45, 2.75) is 64.5 Å². The number of carbonyl (C=O) groups is 2. The minimum absolute atomic E-state index is 0.00707. The molecule has 0 radical (unpaired) electrons. The van der Waals surface area contributed by atoms with Crippen LogP contribution in [0.2, 0.25) is 0 Å². The number of amides is 1. The second-order valence-electron chi connectivity index (χ2n) is 4.52. The van der Waals surface area contributed by atoms with Crippen LogP contribution in [0.5, 0.6) is 0 Å². The fraction of sp³-hybridized carbons (Fsp3) is 0.833. The van der Waals surface area contributed by atoms with Crippen molar-refractivity contribution in [3.8, 4) is 0 Å². The summed E-state index contributed by atoms with van der Waals surface area (Å²) in [7, 11) is 0. The summed E-state index contributed by atoms with van der Waals surface area (Å²) >= 11 is 0. The van der Waals surface area contributed by atoms with E-state index in [1.807, 2.05) is 13.8 Å². The molecule has 0 aliphatic heterocycles. The molecule has 17 heavy (non-hydrogen) atoms. The number of hydrogen-bond acceptors (Lipinski definition) is 3. The highest BCUT2D eigenvalue weighted by molar-refractivity contribution is 5.77. The molecule has 0 aliphatic rings. The Morgan fingerprint density at radius 2 is 2.00 bits per heavy atom. The van der Waals surface area contributed by atoms with Crippen LogP contribution in [0.4, 0.5) is 0 Å². The quantitative estimate of drug-likeness (QED) is 0.569. The van der Waals surface area contributed by atoms with Crippen LogP contribution >= 0.6 is 0 Å². The van der Waals surface area contributed by atoms with Crippen molar-refractivity contribution in [1.82, 2.24) is 5.32 Å². The first-order valence-corrected chi connectivity index (χ1v) is 6.22. The van der Waals surface area contributed by atoms with E-state index in [4.69, 9.17) is 10.8 Å². The summed E-state index contributed by atoms with van der Waals surface area (Å²) < 4.78 is 0. The predicted molar refractivity (Wildman–Crippen MR) is 66.6 cm³/mol. The van der Waals surface area contributed by atoms with Crippen LogP contribution in [-0.2, 0) is 9.59 Å². The van der Waals surface area contributed by atoms with Crippen molar-refractivity contribution in [3.63, 3.8) is 0 Å². The molecule has 0 bridgehead atoms. The van der Waals surface area contributed by atoms with E-state index in [2.05, 4.69) is 5.32 Å². The molecule has 2 unspecified atom stereocenters. The van der Waals surface area contributed by atoms with Crippen LogP contribution in [0.1, 0.15) is 52.4 Å². The second-order valence-corrected chi connectivity index (χ2v) is 4.52. The van der Waals surface area contributed by atoms with Gasteiger partial charge in [-0.1, -0.05) is 13.3 Å². The Labute approximate surface area is 103 Å². The molecule has 5 heteroatoms. The van der Waals surface area contributed by atoms with E-state index in [1.54, 1.807) is 0 Å². The lowest BCUT2D eigenvalue weighted by Gasteiger charge is -2.16. The summed E-state index contributed by atoms with van der Waals surface area (Å²) in [6.07, 6.45) is 3.53. The molecule has 0 aromatic carbocycles. The number of carboxylic acids is 1. The molecular weight excluding hydrogens is 220 g/mol. The smallest absolute Gasteiger partial charge is 0.305 e. The molecule has 0 heterocycles. The SMILES string of the molecule is CCCC(CC(=O)O)NC(=O)CCCC(C)N. The highest BCUT2D eigenvalue weighted by atomic mass is 16.4. The number of nitrogens with one attached hydrogen (secondary N) is 1. The van der Waals surface area contributed by atoms with Crippen LogP contribution in [0.15, 0.2) is 0 Å². The average molecular weight is 244 g/mol. The van der Waals surface area contributed by atoms with Crippen molar-refractivity contribution in [3.05, 3.63) is 0 Å². The van der Waals surface area contributed by atoms with Gasteiger partial charge in [0, 0.05) is 18.5 Å². The van der Waals surface area contributed by atoms with Crippen LogP contribution in [-0.4, -0.2) is 29.1 Å². The standard InChI is InChI=1S/C12H24N2O3/c1-3-5-10(8-12(16)17)14-11(15)7-4-6-9(2)13/h9-10H,3-8,13H2,1-2H3,(H,14,15)(H,16,17). The number of carboxylic acid groups (broad SMARTS) is 1. The maximum atomic E-state index is 11.5. The average Bonchev–Trinajstić information content (AvgIpc) is 2.15. The van der Waals surface area contributed by atoms with E-state index in [-0.39, 0.29) is 24.4 Å². The summed E-state index contributed by atoms with van der Waals surface area (Å²) in [5, 5.41) is 11.5. The Bertz CT molecular complexity index is 242. The zero-order chi connectivity index (χ0) is 13.3. The first kappa shape index (κ1) is 15.9. The fourth-order valence-electron chi connectivity index (χ4n) is 1.67. The normalized spacial score (nSPS) is 14.1. The lowest BCUT2D eigenvalue weighted by atomic mass is 10.1. The number of rotatable bonds is 9. The maximum absolute atomic E-state index is 11.5. The fourth-order valence-corrected chi connectivity index (χ4v) is 1.67. The minimum Gasteiger partial charge on any atom is -0.481 e. The zero-order valence-electron chi connectivity index (χ0n) is 10.7. The van der Waals surface area contributed by atoms with E-state index >= 15 is 0 Å². The molecule has 2 atom stereocenters. The number of nitrogens with two attached hydrogens (primary N) is 1. The monoisotopic (exact) mass is 244 g/mol. The lowest BCUT2D eigenvalue weighted by molar-refractivity contribution is -0.137. The molecule has 0 spiro atoms. The predicted octanol–water partition coefficient (Wildman–Crippen LogP) is 1.26. The molecule has 0 saturated heterocycles. The number of hydrogen-bond donors (Lipinski definition) is 3. The summed E-state index contributed by atoms with van der Waals surface area (Å²) in [5.74, 6) is -0.954. The van der Waals surface area contributed by atoms with Crippen molar-refractivity contribution in [2.75, 3.05) is 0 Å². The first-order valence-electron chi connectivity index (χ1n) is 6.22. The topological polar surface area (TPSA) is 92.4 Å². The van der Waals surface area contributed by atoms with Crippen molar-refractivity contribution < 1.29 is 14.7 Å². The van der Waals surface area contributed by atoms with Gasteiger partial charge in [0.05, 0.1) is 6.42 Å². The lowest BCUT2D eigenvalue weighted by Crippen LogP contribution is -2.36. The summed E-state index contributed by atoms with van der Waals surface area (Å²) in [5.41, 5.74) is 5.58. The molecular formula is C12H24N2O3. The Hall–Kier alpha value is -1.10. The Balaban J connectivity index is 3.90. The zero-order valence-corrected chi connectivity index (χ0v) is 10.7. The molecule has 0 aliphatic carbocycles. The van der Waals surface area contributed by atoms with Gasteiger partial charge in [0.2, 0.25) is 5.91 Å². The Morgan fingerprint density at radius 1 is 1.35 bits per heavy atom. The van der Waals surface area contributed by atoms with Crippen LogP contribution < -0.4 is 11.1 Å². The van der Waals surface area contributed by atoms with Gasteiger partial charge in [-0.3, -0.25) is 9.59 Å². The summed E-state index contributed by atoms with van der Waals surface area (Å²) in [4.78, 5) is 22.1. The molecule has 0 rings (SSSR count). The van der Waals surface area contributed by atoms with Gasteiger partial charge >= 0.3 is 5.97 Å². The van der Waals surface area contributed by atoms with Gasteiger partial charge in [0.25, 0.3) is 0 Å². The highest BCUT2D eigenvalue weighted by Crippen LogP contribution is 2.04. The highest BCUT2D eigenvalue weighted by Gasteiger charge is 2.14. The molecule has 100 valence electrons. The van der Waals surface area contributed by atoms with E-state index in [0.717, 1.165) is 19.3 Å². The van der Waals surface area contributed by atoms with Gasteiger partial charge < -0.3 is 16.2 Å². The second kappa shape index (κ2) is 8.98. The van der Waals surface area contributed by atoms with E-state index < -0.39 is 5.97 Å². The van der Waals surface area contributed by atoms with Crippen LogP contribution in [0.25, 0.3) is 0 Å². The van der Waals surface area contributed by atoms with E-state index in [9.17, 15) is 9.59 Å². The Kier molecular flexibility index (Phi) is 8.40. The first-order chi connectivity index (χ1) is 7.95. The van der Waals surface area contributed by atoms with E-state index in [0.29, 0.717) is 12.8 Å².